The van der Waals surface area contributed by atoms with Crippen molar-refractivity contribution in [1.29, 1.82) is 0 Å². The number of nitrogens with one attached hydrogen (secondary N) is 1. The van der Waals surface area contributed by atoms with E-state index in [9.17, 15) is 12.8 Å². The summed E-state index contributed by atoms with van der Waals surface area (Å²) in [6.45, 7) is 0.165. The molecule has 4 aromatic rings. The summed E-state index contributed by atoms with van der Waals surface area (Å²) in [4.78, 5) is 0.0179. The maximum absolute atomic E-state index is 13.8. The van der Waals surface area contributed by atoms with E-state index >= 15 is 0 Å². The van der Waals surface area contributed by atoms with Crippen LogP contribution in [0, 0.1) is 5.82 Å². The van der Waals surface area contributed by atoms with Gasteiger partial charge in [0.15, 0.2) is 5.82 Å². The van der Waals surface area contributed by atoms with Crippen LogP contribution in [0.5, 0.6) is 0 Å². The number of sulfonamides is 1. The van der Waals surface area contributed by atoms with Crippen molar-refractivity contribution in [2.24, 2.45) is 0 Å². The first kappa shape index (κ1) is 18.0. The number of nitrogens with zero attached hydrogens (tertiary/aromatic N) is 4. The molecule has 0 aliphatic carbocycles. The van der Waals surface area contributed by atoms with Gasteiger partial charge in [-0.15, -0.1) is 0 Å². The molecule has 4 rings (SSSR count). The van der Waals surface area contributed by atoms with Gasteiger partial charge < -0.3 is 0 Å². The van der Waals surface area contributed by atoms with Crippen LogP contribution in [-0.2, 0) is 16.6 Å². The SMILES string of the molecule is O=S(=O)(Nc1nn(Cc2ccccc2F)cc1Br)c1cccc2nsnc12. The highest BCUT2D eigenvalue weighted by molar-refractivity contribution is 9.10. The van der Waals surface area contributed by atoms with Gasteiger partial charge in [-0.25, -0.2) is 12.8 Å². The van der Waals surface area contributed by atoms with E-state index in [-0.39, 0.29) is 23.1 Å². The van der Waals surface area contributed by atoms with E-state index in [1.54, 1.807) is 36.5 Å². The smallest absolute Gasteiger partial charge is 0.265 e. The summed E-state index contributed by atoms with van der Waals surface area (Å²) in [6, 6.07) is 11.1. The number of hydrogen-bond acceptors (Lipinski definition) is 6. The van der Waals surface area contributed by atoms with Crippen LogP contribution >= 0.6 is 27.7 Å². The Hall–Kier alpha value is -2.37. The van der Waals surface area contributed by atoms with E-state index in [0.717, 1.165) is 11.7 Å². The highest BCUT2D eigenvalue weighted by Crippen LogP contribution is 2.27. The molecule has 2 aromatic carbocycles. The van der Waals surface area contributed by atoms with Gasteiger partial charge in [-0.05, 0) is 34.1 Å². The van der Waals surface area contributed by atoms with Crippen molar-refractivity contribution >= 4 is 54.5 Å². The van der Waals surface area contributed by atoms with Crippen LogP contribution in [-0.4, -0.2) is 26.9 Å². The van der Waals surface area contributed by atoms with Crippen LogP contribution in [0.4, 0.5) is 10.2 Å². The zero-order chi connectivity index (χ0) is 19.0. The summed E-state index contributed by atoms with van der Waals surface area (Å²) in [5, 5.41) is 4.20. The molecule has 0 amide bonds. The number of benzene rings is 2. The number of rotatable bonds is 5. The lowest BCUT2D eigenvalue weighted by Gasteiger charge is -2.06. The lowest BCUT2D eigenvalue weighted by Crippen LogP contribution is -2.14. The fraction of sp³-hybridized carbons (Fsp3) is 0.0625. The van der Waals surface area contributed by atoms with Crippen molar-refractivity contribution < 1.29 is 12.8 Å². The van der Waals surface area contributed by atoms with Crippen LogP contribution in [0.1, 0.15) is 5.56 Å². The van der Waals surface area contributed by atoms with Crippen LogP contribution in [0.25, 0.3) is 11.0 Å². The van der Waals surface area contributed by atoms with E-state index in [1.807, 2.05) is 0 Å². The van der Waals surface area contributed by atoms with Gasteiger partial charge in [-0.2, -0.15) is 13.8 Å². The van der Waals surface area contributed by atoms with Crippen LogP contribution in [0.15, 0.2) is 58.0 Å². The molecule has 138 valence electrons. The first-order valence-corrected chi connectivity index (χ1v) is 10.6. The third-order valence-corrected chi connectivity index (χ3v) is 6.27. The van der Waals surface area contributed by atoms with E-state index in [0.29, 0.717) is 21.1 Å². The fourth-order valence-electron chi connectivity index (χ4n) is 2.53. The van der Waals surface area contributed by atoms with Gasteiger partial charge in [0.2, 0.25) is 0 Å². The Morgan fingerprint density at radius 2 is 1.96 bits per heavy atom. The third kappa shape index (κ3) is 3.57. The van der Waals surface area contributed by atoms with Gasteiger partial charge in [0, 0.05) is 11.8 Å². The maximum Gasteiger partial charge on any atom is 0.265 e. The monoisotopic (exact) mass is 467 g/mol. The molecule has 0 bridgehead atoms. The molecule has 0 saturated carbocycles. The lowest BCUT2D eigenvalue weighted by molar-refractivity contribution is 0.585. The van der Waals surface area contributed by atoms with Crippen LogP contribution in [0.3, 0.4) is 0 Å². The van der Waals surface area contributed by atoms with Gasteiger partial charge in [0.05, 0.1) is 22.7 Å². The van der Waals surface area contributed by atoms with Crippen molar-refractivity contribution in [3.05, 3.63) is 64.5 Å². The summed E-state index contributed by atoms with van der Waals surface area (Å²) in [6.07, 6.45) is 1.58. The van der Waals surface area contributed by atoms with E-state index in [2.05, 4.69) is 34.5 Å². The summed E-state index contributed by atoms with van der Waals surface area (Å²) < 4.78 is 51.8. The highest BCUT2D eigenvalue weighted by atomic mass is 79.9. The predicted molar refractivity (Wildman–Crippen MR) is 104 cm³/mol. The Kier molecular flexibility index (Phi) is 4.66. The summed E-state index contributed by atoms with van der Waals surface area (Å²) in [7, 11) is -3.93. The van der Waals surface area contributed by atoms with Gasteiger partial charge in [0.1, 0.15) is 21.7 Å². The average molecular weight is 468 g/mol. The fourth-order valence-corrected chi connectivity index (χ4v) is 4.86. The molecule has 0 spiro atoms. The zero-order valence-corrected chi connectivity index (χ0v) is 16.7. The minimum absolute atomic E-state index is 0.0179. The van der Waals surface area contributed by atoms with Crippen molar-refractivity contribution in [3.8, 4) is 0 Å². The normalized spacial score (nSPS) is 11.8. The van der Waals surface area contributed by atoms with Crippen molar-refractivity contribution in [1.82, 2.24) is 18.5 Å². The molecule has 0 saturated heterocycles. The molecule has 2 heterocycles. The predicted octanol–water partition coefficient (Wildman–Crippen LogP) is 3.64. The summed E-state index contributed by atoms with van der Waals surface area (Å²) in [5.74, 6) is -0.250. The topological polar surface area (TPSA) is 89.8 Å². The minimum Gasteiger partial charge on any atom is -0.265 e. The molecule has 1 N–H and O–H groups in total. The first-order chi connectivity index (χ1) is 12.9. The summed E-state index contributed by atoms with van der Waals surface area (Å²) in [5.41, 5.74) is 1.25. The van der Waals surface area contributed by atoms with Crippen molar-refractivity contribution in [2.75, 3.05) is 4.72 Å². The maximum atomic E-state index is 13.8. The van der Waals surface area contributed by atoms with Crippen molar-refractivity contribution in [2.45, 2.75) is 11.4 Å². The number of anilines is 1. The number of hydrogen-bond donors (Lipinski definition) is 1. The van der Waals surface area contributed by atoms with E-state index in [1.165, 1.54) is 16.8 Å². The Morgan fingerprint density at radius 1 is 1.15 bits per heavy atom. The standard InChI is InChI=1S/C16H11BrFN5O2S2/c17-11-9-23(8-10-4-1-2-5-12(10)18)19-16(11)22-27(24,25)14-7-3-6-13-15(14)21-26-20-13/h1-7,9H,8H2,(H,19,22). The summed E-state index contributed by atoms with van der Waals surface area (Å²) >= 11 is 4.23. The van der Waals surface area contributed by atoms with Gasteiger partial charge in [0.25, 0.3) is 10.0 Å². The molecular weight excluding hydrogens is 457 g/mol. The van der Waals surface area contributed by atoms with Crippen LogP contribution in [0.2, 0.25) is 0 Å². The second kappa shape index (κ2) is 6.98. The molecule has 11 heteroatoms. The Morgan fingerprint density at radius 3 is 2.78 bits per heavy atom. The second-order valence-electron chi connectivity index (χ2n) is 5.61. The number of halogens is 2. The quantitative estimate of drug-likeness (QED) is 0.483. The largest absolute Gasteiger partial charge is 0.265 e. The van der Waals surface area contributed by atoms with Crippen molar-refractivity contribution in [3.63, 3.8) is 0 Å². The van der Waals surface area contributed by atoms with E-state index < -0.39 is 10.0 Å². The molecule has 0 aliphatic heterocycles. The Balaban J connectivity index is 1.64. The molecule has 7 nitrogen and oxygen atoms in total. The zero-order valence-electron chi connectivity index (χ0n) is 13.5. The highest BCUT2D eigenvalue weighted by Gasteiger charge is 2.22. The molecule has 27 heavy (non-hydrogen) atoms. The number of aromatic nitrogens is 4. The molecule has 2 aromatic heterocycles. The molecular formula is C16H11BrFN5O2S2. The minimum atomic E-state index is -3.93. The van der Waals surface area contributed by atoms with Gasteiger partial charge in [-0.1, -0.05) is 24.3 Å². The molecule has 0 atom stereocenters. The third-order valence-electron chi connectivity index (χ3n) is 3.78. The molecule has 0 fully saturated rings. The second-order valence-corrected chi connectivity index (χ2v) is 8.64. The Bertz CT molecular complexity index is 1240. The van der Waals surface area contributed by atoms with Gasteiger partial charge >= 0.3 is 0 Å². The van der Waals surface area contributed by atoms with Crippen LogP contribution < -0.4 is 4.72 Å². The molecule has 0 radical (unpaired) electrons. The molecule has 0 aliphatic rings. The first-order valence-electron chi connectivity index (χ1n) is 7.64. The average Bonchev–Trinajstić information content (AvgIpc) is 3.23. The lowest BCUT2D eigenvalue weighted by atomic mass is 10.2. The number of fused-ring (bicyclic) bond motifs is 1. The van der Waals surface area contributed by atoms with E-state index in [4.69, 9.17) is 0 Å². The van der Waals surface area contributed by atoms with Gasteiger partial charge in [-0.3, -0.25) is 9.40 Å². The Labute approximate surface area is 166 Å². The molecule has 0 unspecified atom stereocenters.